The van der Waals surface area contributed by atoms with Crippen LogP contribution in [0.4, 0.5) is 4.79 Å². The van der Waals surface area contributed by atoms with Crippen LogP contribution in [0.5, 0.6) is 0 Å². The van der Waals surface area contributed by atoms with Crippen molar-refractivity contribution in [2.45, 2.75) is 12.5 Å². The van der Waals surface area contributed by atoms with Gasteiger partial charge in [0.2, 0.25) is 0 Å². The number of β-amino-alcohol motifs (C(OH)–C–C–N with tert-alkyl or cyclic N) is 1. The Bertz CT molecular complexity index is 256. The van der Waals surface area contributed by atoms with Crippen molar-refractivity contribution in [3.05, 3.63) is 0 Å². The van der Waals surface area contributed by atoms with E-state index in [0.717, 1.165) is 32.7 Å². The van der Waals surface area contributed by atoms with Crippen LogP contribution in [0.3, 0.4) is 0 Å². The fraction of sp³-hybridized carbons (Fsp3) is 0.909. The number of hydrogen-bond donors (Lipinski definition) is 3. The average Bonchev–Trinajstić information content (AvgIpc) is 2.77. The van der Waals surface area contributed by atoms with Gasteiger partial charge in [-0.1, -0.05) is 0 Å². The molecule has 0 spiro atoms. The summed E-state index contributed by atoms with van der Waals surface area (Å²) in [5.41, 5.74) is 0. The van der Waals surface area contributed by atoms with Gasteiger partial charge < -0.3 is 20.6 Å². The highest BCUT2D eigenvalue weighted by molar-refractivity contribution is 5.74. The molecule has 98 valence electrons. The first kappa shape index (κ1) is 12.6. The molecule has 2 amide bonds. The van der Waals surface area contributed by atoms with Gasteiger partial charge in [0, 0.05) is 52.4 Å². The van der Waals surface area contributed by atoms with E-state index in [1.165, 1.54) is 0 Å². The molecule has 0 aromatic carbocycles. The molecule has 0 saturated carbocycles. The van der Waals surface area contributed by atoms with Crippen LogP contribution < -0.4 is 10.6 Å². The quantitative estimate of drug-likeness (QED) is 0.573. The number of carbonyl (C=O) groups excluding carboxylic acids is 1. The predicted molar refractivity (Wildman–Crippen MR) is 64.9 cm³/mol. The zero-order valence-electron chi connectivity index (χ0n) is 10.2. The van der Waals surface area contributed by atoms with Crippen LogP contribution in [-0.4, -0.2) is 79.4 Å². The number of rotatable bonds is 3. The van der Waals surface area contributed by atoms with Gasteiger partial charge in [-0.15, -0.1) is 0 Å². The van der Waals surface area contributed by atoms with Crippen LogP contribution in [0.15, 0.2) is 0 Å². The summed E-state index contributed by atoms with van der Waals surface area (Å²) < 4.78 is 0. The van der Waals surface area contributed by atoms with Crippen molar-refractivity contribution in [3.63, 3.8) is 0 Å². The van der Waals surface area contributed by atoms with Crippen LogP contribution in [0.2, 0.25) is 0 Å². The Balaban J connectivity index is 1.59. The van der Waals surface area contributed by atoms with Crippen LogP contribution in [0, 0.1) is 0 Å². The second-order valence-electron chi connectivity index (χ2n) is 4.71. The topological polar surface area (TPSA) is 67.8 Å². The second-order valence-corrected chi connectivity index (χ2v) is 4.71. The molecule has 1 atom stereocenters. The maximum atomic E-state index is 11.7. The first-order valence-electron chi connectivity index (χ1n) is 6.39. The Morgan fingerprint density at radius 3 is 2.76 bits per heavy atom. The molecule has 2 fully saturated rings. The molecule has 3 N–H and O–H groups in total. The van der Waals surface area contributed by atoms with Crippen molar-refractivity contribution in [2.24, 2.45) is 0 Å². The Morgan fingerprint density at radius 1 is 1.35 bits per heavy atom. The van der Waals surface area contributed by atoms with Gasteiger partial charge in [0.15, 0.2) is 0 Å². The highest BCUT2D eigenvalue weighted by Gasteiger charge is 2.24. The van der Waals surface area contributed by atoms with Crippen molar-refractivity contribution in [1.82, 2.24) is 20.4 Å². The summed E-state index contributed by atoms with van der Waals surface area (Å²) in [6, 6.07) is -0.0447. The van der Waals surface area contributed by atoms with Crippen LogP contribution in [0.1, 0.15) is 6.42 Å². The van der Waals surface area contributed by atoms with Gasteiger partial charge >= 0.3 is 6.03 Å². The van der Waals surface area contributed by atoms with E-state index in [4.69, 9.17) is 0 Å². The van der Waals surface area contributed by atoms with Crippen molar-refractivity contribution in [1.29, 1.82) is 0 Å². The number of nitrogens with one attached hydrogen (secondary N) is 2. The molecular weight excluding hydrogens is 220 g/mol. The van der Waals surface area contributed by atoms with Crippen molar-refractivity contribution in [3.8, 4) is 0 Å². The standard InChI is InChI=1S/C11H22N4O2/c16-10-1-5-15(9-10)11(17)13-4-8-14-6-2-12-3-7-14/h10,12,16H,1-9H2,(H,13,17). The number of urea groups is 1. The largest absolute Gasteiger partial charge is 0.391 e. The van der Waals surface area contributed by atoms with Gasteiger partial charge in [0.05, 0.1) is 6.10 Å². The molecule has 0 bridgehead atoms. The fourth-order valence-electron chi connectivity index (χ4n) is 2.29. The van der Waals surface area contributed by atoms with Crippen molar-refractivity contribution < 1.29 is 9.90 Å². The molecule has 0 aromatic heterocycles. The maximum absolute atomic E-state index is 11.7. The summed E-state index contributed by atoms with van der Waals surface area (Å²) in [6.07, 6.45) is 0.361. The first-order chi connectivity index (χ1) is 8.25. The third-order valence-corrected chi connectivity index (χ3v) is 3.36. The van der Waals surface area contributed by atoms with Crippen LogP contribution in [0.25, 0.3) is 0 Å². The van der Waals surface area contributed by atoms with Gasteiger partial charge in [0.25, 0.3) is 0 Å². The molecule has 0 aromatic rings. The molecule has 2 saturated heterocycles. The van der Waals surface area contributed by atoms with E-state index >= 15 is 0 Å². The van der Waals surface area contributed by atoms with Gasteiger partial charge in [-0.25, -0.2) is 4.79 Å². The normalized spacial score (nSPS) is 26.2. The number of hydrogen-bond acceptors (Lipinski definition) is 4. The van der Waals surface area contributed by atoms with Crippen LogP contribution >= 0.6 is 0 Å². The Labute approximate surface area is 102 Å². The first-order valence-corrected chi connectivity index (χ1v) is 6.39. The lowest BCUT2D eigenvalue weighted by Crippen LogP contribution is -2.47. The lowest BCUT2D eigenvalue weighted by molar-refractivity contribution is 0.170. The number of nitrogens with zero attached hydrogens (tertiary/aromatic N) is 2. The molecule has 6 nitrogen and oxygen atoms in total. The number of likely N-dealkylation sites (tertiary alicyclic amines) is 1. The lowest BCUT2D eigenvalue weighted by atomic mass is 10.3. The number of aliphatic hydroxyl groups is 1. The van der Waals surface area contributed by atoms with Crippen molar-refractivity contribution in [2.75, 3.05) is 52.4 Å². The molecule has 2 aliphatic heterocycles. The Morgan fingerprint density at radius 2 is 2.12 bits per heavy atom. The van der Waals surface area contributed by atoms with E-state index in [2.05, 4.69) is 15.5 Å². The van der Waals surface area contributed by atoms with E-state index in [1.54, 1.807) is 4.90 Å². The molecule has 2 aliphatic rings. The smallest absolute Gasteiger partial charge is 0.317 e. The van der Waals surface area contributed by atoms with Gasteiger partial charge in [-0.3, -0.25) is 4.90 Å². The Hall–Kier alpha value is -0.850. The summed E-state index contributed by atoms with van der Waals surface area (Å²) in [7, 11) is 0. The highest BCUT2D eigenvalue weighted by Crippen LogP contribution is 2.08. The van der Waals surface area contributed by atoms with Crippen LogP contribution in [-0.2, 0) is 0 Å². The van der Waals surface area contributed by atoms with Gasteiger partial charge in [-0.05, 0) is 6.42 Å². The summed E-state index contributed by atoms with van der Waals surface area (Å²) in [4.78, 5) is 15.7. The zero-order chi connectivity index (χ0) is 12.1. The summed E-state index contributed by atoms with van der Waals surface area (Å²) in [5.74, 6) is 0. The van der Waals surface area contributed by atoms with E-state index in [1.807, 2.05) is 0 Å². The van der Waals surface area contributed by atoms with Gasteiger partial charge in [-0.2, -0.15) is 0 Å². The zero-order valence-corrected chi connectivity index (χ0v) is 10.2. The minimum atomic E-state index is -0.339. The van der Waals surface area contributed by atoms with E-state index in [9.17, 15) is 9.90 Å². The third-order valence-electron chi connectivity index (χ3n) is 3.36. The molecule has 0 aliphatic carbocycles. The summed E-state index contributed by atoms with van der Waals surface area (Å²) >= 11 is 0. The number of amides is 2. The monoisotopic (exact) mass is 242 g/mol. The molecule has 6 heteroatoms. The fourth-order valence-corrected chi connectivity index (χ4v) is 2.29. The van der Waals surface area contributed by atoms with Gasteiger partial charge in [0.1, 0.15) is 0 Å². The summed E-state index contributed by atoms with van der Waals surface area (Å²) in [5, 5.41) is 15.5. The maximum Gasteiger partial charge on any atom is 0.317 e. The lowest BCUT2D eigenvalue weighted by Gasteiger charge is -2.27. The average molecular weight is 242 g/mol. The number of piperazine rings is 1. The minimum Gasteiger partial charge on any atom is -0.391 e. The van der Waals surface area contributed by atoms with Crippen molar-refractivity contribution >= 4 is 6.03 Å². The van der Waals surface area contributed by atoms with E-state index < -0.39 is 0 Å². The molecule has 0 radical (unpaired) electrons. The summed E-state index contributed by atoms with van der Waals surface area (Å²) in [6.45, 7) is 6.91. The van der Waals surface area contributed by atoms with E-state index in [0.29, 0.717) is 26.1 Å². The molecular formula is C11H22N4O2. The molecule has 1 unspecified atom stereocenters. The van der Waals surface area contributed by atoms with E-state index in [-0.39, 0.29) is 12.1 Å². The predicted octanol–water partition coefficient (Wildman–Crippen LogP) is -1.33. The highest BCUT2D eigenvalue weighted by atomic mass is 16.3. The molecule has 2 heterocycles. The molecule has 17 heavy (non-hydrogen) atoms. The number of carbonyl (C=O) groups is 1. The Kier molecular flexibility index (Phi) is 4.58. The molecule has 2 rings (SSSR count). The third kappa shape index (κ3) is 3.83. The second kappa shape index (κ2) is 6.18. The SMILES string of the molecule is O=C(NCCN1CCNCC1)N1CCC(O)C1. The minimum absolute atomic E-state index is 0.0447. The number of aliphatic hydroxyl groups excluding tert-OH is 1.